The number of carbonyl (C=O) groups excluding carboxylic acids is 1. The van der Waals surface area contributed by atoms with Gasteiger partial charge in [0.1, 0.15) is 5.75 Å². The Morgan fingerprint density at radius 3 is 2.75 bits per heavy atom. The van der Waals surface area contributed by atoms with Gasteiger partial charge in [-0.2, -0.15) is 0 Å². The molecule has 3 aromatic rings. The van der Waals surface area contributed by atoms with Gasteiger partial charge in [-0.15, -0.1) is 0 Å². The van der Waals surface area contributed by atoms with Gasteiger partial charge in [0.15, 0.2) is 0 Å². The van der Waals surface area contributed by atoms with Crippen molar-refractivity contribution in [2.24, 2.45) is 0 Å². The van der Waals surface area contributed by atoms with Crippen molar-refractivity contribution in [1.29, 1.82) is 0 Å². The molecule has 2 N–H and O–H groups in total. The Labute approximate surface area is 139 Å². The van der Waals surface area contributed by atoms with Gasteiger partial charge < -0.3 is 14.5 Å². The lowest BCUT2D eigenvalue weighted by molar-refractivity contribution is 0.167. The number of anilines is 1. The minimum absolute atomic E-state index is 0.312. The van der Waals surface area contributed by atoms with Crippen molar-refractivity contribution in [2.45, 2.75) is 13.8 Å². The Morgan fingerprint density at radius 2 is 1.96 bits per heavy atom. The number of fused-ring (bicyclic) bond motifs is 1. The molecule has 0 fully saturated rings. The summed E-state index contributed by atoms with van der Waals surface area (Å²) in [5.41, 5.74) is 3.68. The minimum Gasteiger partial charge on any atom is -0.494 e. The summed E-state index contributed by atoms with van der Waals surface area (Å²) in [5.74, 6) is 1.20. The molecule has 0 saturated heterocycles. The predicted octanol–water partition coefficient (Wildman–Crippen LogP) is 4.20. The van der Waals surface area contributed by atoms with Gasteiger partial charge in [-0.1, -0.05) is 18.2 Å². The lowest BCUT2D eigenvalue weighted by atomic mass is 10.0. The highest BCUT2D eigenvalue weighted by Crippen LogP contribution is 2.27. The lowest BCUT2D eigenvalue weighted by Crippen LogP contribution is -2.14. The molecule has 24 heavy (non-hydrogen) atoms. The molecule has 3 rings (SSSR count). The van der Waals surface area contributed by atoms with E-state index in [9.17, 15) is 4.79 Å². The van der Waals surface area contributed by atoms with Crippen molar-refractivity contribution < 1.29 is 14.3 Å². The SMILES string of the molecule is CCOC(=O)Nc1nc2cc(-c3cccc(OCC)c3)ccc2[nH]1. The second-order valence-electron chi connectivity index (χ2n) is 5.12. The van der Waals surface area contributed by atoms with Crippen LogP contribution >= 0.6 is 0 Å². The van der Waals surface area contributed by atoms with Crippen LogP contribution in [0.2, 0.25) is 0 Å². The summed E-state index contributed by atoms with van der Waals surface area (Å²) < 4.78 is 10.4. The van der Waals surface area contributed by atoms with Gasteiger partial charge in [0.25, 0.3) is 0 Å². The third-order valence-corrected chi connectivity index (χ3v) is 3.46. The van der Waals surface area contributed by atoms with Crippen LogP contribution in [0.25, 0.3) is 22.2 Å². The van der Waals surface area contributed by atoms with Crippen molar-refractivity contribution in [1.82, 2.24) is 9.97 Å². The molecule has 0 aliphatic rings. The van der Waals surface area contributed by atoms with Crippen molar-refractivity contribution in [3.05, 3.63) is 42.5 Å². The van der Waals surface area contributed by atoms with Crippen LogP contribution in [-0.4, -0.2) is 29.3 Å². The Balaban J connectivity index is 1.88. The van der Waals surface area contributed by atoms with Crippen LogP contribution in [0.3, 0.4) is 0 Å². The number of rotatable bonds is 5. The number of aromatic amines is 1. The Bertz CT molecular complexity index is 858. The van der Waals surface area contributed by atoms with Crippen LogP contribution in [0.5, 0.6) is 5.75 Å². The maximum Gasteiger partial charge on any atom is 0.413 e. The van der Waals surface area contributed by atoms with Crippen LogP contribution in [0, 0.1) is 0 Å². The molecule has 6 nitrogen and oxygen atoms in total. The van der Waals surface area contributed by atoms with E-state index in [4.69, 9.17) is 9.47 Å². The molecule has 0 unspecified atom stereocenters. The molecule has 0 aliphatic carbocycles. The Kier molecular flexibility index (Phi) is 4.65. The van der Waals surface area contributed by atoms with Crippen LogP contribution in [0.4, 0.5) is 10.7 Å². The quantitative estimate of drug-likeness (QED) is 0.737. The maximum atomic E-state index is 11.5. The van der Waals surface area contributed by atoms with Gasteiger partial charge in [-0.3, -0.25) is 5.32 Å². The molecule has 1 heterocycles. The molecule has 0 radical (unpaired) electrons. The number of ether oxygens (including phenoxy) is 2. The van der Waals surface area contributed by atoms with Crippen molar-refractivity contribution in [3.63, 3.8) is 0 Å². The van der Waals surface area contributed by atoms with Gasteiger partial charge in [-0.25, -0.2) is 9.78 Å². The molecule has 1 amide bonds. The van der Waals surface area contributed by atoms with E-state index >= 15 is 0 Å². The third-order valence-electron chi connectivity index (χ3n) is 3.46. The van der Waals surface area contributed by atoms with Gasteiger partial charge in [0.05, 0.1) is 24.2 Å². The number of aromatic nitrogens is 2. The molecule has 0 saturated carbocycles. The number of carbonyl (C=O) groups is 1. The highest BCUT2D eigenvalue weighted by Gasteiger charge is 2.09. The van der Waals surface area contributed by atoms with Crippen LogP contribution < -0.4 is 10.1 Å². The molecule has 0 aliphatic heterocycles. The van der Waals surface area contributed by atoms with Crippen molar-refractivity contribution >= 4 is 23.1 Å². The van der Waals surface area contributed by atoms with E-state index in [-0.39, 0.29) is 0 Å². The van der Waals surface area contributed by atoms with E-state index in [0.717, 1.165) is 27.9 Å². The van der Waals surface area contributed by atoms with Crippen LogP contribution in [0.15, 0.2) is 42.5 Å². The first-order chi connectivity index (χ1) is 11.7. The number of H-pyrrole nitrogens is 1. The number of nitrogens with zero attached hydrogens (tertiary/aromatic N) is 1. The zero-order valence-corrected chi connectivity index (χ0v) is 13.6. The first-order valence-electron chi connectivity index (χ1n) is 7.86. The summed E-state index contributed by atoms with van der Waals surface area (Å²) in [6.07, 6.45) is -0.527. The van der Waals surface area contributed by atoms with E-state index in [1.54, 1.807) is 6.92 Å². The topological polar surface area (TPSA) is 76.2 Å². The summed E-state index contributed by atoms with van der Waals surface area (Å²) in [7, 11) is 0. The number of hydrogen-bond acceptors (Lipinski definition) is 4. The summed E-state index contributed by atoms with van der Waals surface area (Å²) in [4.78, 5) is 18.9. The van der Waals surface area contributed by atoms with Crippen molar-refractivity contribution in [2.75, 3.05) is 18.5 Å². The summed E-state index contributed by atoms with van der Waals surface area (Å²) in [6.45, 7) is 4.65. The molecule has 0 atom stereocenters. The molecule has 124 valence electrons. The number of imidazole rings is 1. The number of amides is 1. The second-order valence-corrected chi connectivity index (χ2v) is 5.12. The highest BCUT2D eigenvalue weighted by atomic mass is 16.5. The second kappa shape index (κ2) is 7.04. The summed E-state index contributed by atoms with van der Waals surface area (Å²) >= 11 is 0. The fourth-order valence-corrected chi connectivity index (χ4v) is 2.44. The van der Waals surface area contributed by atoms with Gasteiger partial charge in [0, 0.05) is 0 Å². The smallest absolute Gasteiger partial charge is 0.413 e. The van der Waals surface area contributed by atoms with Gasteiger partial charge in [-0.05, 0) is 49.2 Å². The van der Waals surface area contributed by atoms with E-state index in [1.807, 2.05) is 49.4 Å². The monoisotopic (exact) mass is 325 g/mol. The predicted molar refractivity (Wildman–Crippen MR) is 93.3 cm³/mol. The van der Waals surface area contributed by atoms with E-state index in [1.165, 1.54) is 0 Å². The fraction of sp³-hybridized carbons (Fsp3) is 0.222. The zero-order valence-electron chi connectivity index (χ0n) is 13.6. The summed E-state index contributed by atoms with van der Waals surface area (Å²) in [5, 5.41) is 2.57. The largest absolute Gasteiger partial charge is 0.494 e. The molecule has 0 bridgehead atoms. The first-order valence-corrected chi connectivity index (χ1v) is 7.86. The standard InChI is InChI=1S/C18H19N3O3/c1-3-23-14-7-5-6-12(10-14)13-8-9-15-16(11-13)20-17(19-15)21-18(22)24-4-2/h5-11H,3-4H2,1-2H3,(H2,19,20,21,22). The molecule has 6 heteroatoms. The lowest BCUT2D eigenvalue weighted by Gasteiger charge is -2.06. The Hall–Kier alpha value is -3.02. The number of benzene rings is 2. The molecule has 1 aromatic heterocycles. The maximum absolute atomic E-state index is 11.5. The van der Waals surface area contributed by atoms with Crippen LogP contribution in [0.1, 0.15) is 13.8 Å². The van der Waals surface area contributed by atoms with Crippen molar-refractivity contribution in [3.8, 4) is 16.9 Å². The fourth-order valence-electron chi connectivity index (χ4n) is 2.44. The summed E-state index contributed by atoms with van der Waals surface area (Å²) in [6, 6.07) is 13.8. The zero-order chi connectivity index (χ0) is 16.9. The van der Waals surface area contributed by atoms with Gasteiger partial charge in [0.2, 0.25) is 5.95 Å². The average Bonchev–Trinajstić information content (AvgIpc) is 2.96. The molecular formula is C18H19N3O3. The highest BCUT2D eigenvalue weighted by molar-refractivity contribution is 5.88. The van der Waals surface area contributed by atoms with Crippen LogP contribution in [-0.2, 0) is 4.74 Å². The average molecular weight is 325 g/mol. The third kappa shape index (κ3) is 3.48. The molecular weight excluding hydrogens is 306 g/mol. The van der Waals surface area contributed by atoms with Gasteiger partial charge >= 0.3 is 6.09 Å². The van der Waals surface area contributed by atoms with E-state index < -0.39 is 6.09 Å². The Morgan fingerprint density at radius 1 is 1.12 bits per heavy atom. The minimum atomic E-state index is -0.527. The number of hydrogen-bond donors (Lipinski definition) is 2. The van der Waals surface area contributed by atoms with E-state index in [2.05, 4.69) is 15.3 Å². The normalized spacial score (nSPS) is 10.6. The van der Waals surface area contributed by atoms with E-state index in [0.29, 0.717) is 19.2 Å². The molecule has 0 spiro atoms. The number of nitrogens with one attached hydrogen (secondary N) is 2. The first kappa shape index (κ1) is 15.9. The molecule has 2 aromatic carbocycles.